The molecule has 2 radical (unpaired) electrons. The first kappa shape index (κ1) is 10.5. The van der Waals surface area contributed by atoms with Crippen molar-refractivity contribution < 1.29 is 4.86 Å². The van der Waals surface area contributed by atoms with E-state index in [1.165, 1.54) is 19.3 Å². The predicted molar refractivity (Wildman–Crippen MR) is 41.9 cm³/mol. The van der Waals surface area contributed by atoms with Crippen molar-refractivity contribution in [1.82, 2.24) is 0 Å². The van der Waals surface area contributed by atoms with E-state index >= 15 is 0 Å². The van der Waals surface area contributed by atoms with Gasteiger partial charge in [-0.1, -0.05) is 0 Å². The van der Waals surface area contributed by atoms with E-state index in [1.807, 2.05) is 0 Å². The van der Waals surface area contributed by atoms with Crippen LogP contribution in [-0.4, -0.2) is 47.0 Å². The Kier molecular flexibility index (Phi) is 8.91. The van der Waals surface area contributed by atoms with Gasteiger partial charge in [0.2, 0.25) is 0 Å². The zero-order valence-corrected chi connectivity index (χ0v) is 12.4. The van der Waals surface area contributed by atoms with Gasteiger partial charge in [0, 0.05) is 0 Å². The van der Waals surface area contributed by atoms with Crippen LogP contribution in [0.25, 0.3) is 0 Å². The first-order valence-corrected chi connectivity index (χ1v) is 9.84. The Bertz CT molecular complexity index is 60.9. The van der Waals surface area contributed by atoms with Crippen molar-refractivity contribution in [2.24, 2.45) is 0 Å². The summed E-state index contributed by atoms with van der Waals surface area (Å²) in [6.07, 6.45) is 3.66. The van der Waals surface area contributed by atoms with Crippen molar-refractivity contribution in [2.45, 2.75) is 30.6 Å². The summed E-state index contributed by atoms with van der Waals surface area (Å²) in [7, 11) is 0. The summed E-state index contributed by atoms with van der Waals surface area (Å²) in [6.45, 7) is 2.17. The first-order valence-electron chi connectivity index (χ1n) is 3.34. The van der Waals surface area contributed by atoms with Crippen LogP contribution in [0.5, 0.6) is 0 Å². The summed E-state index contributed by atoms with van der Waals surface area (Å²) >= 11 is -1.46. The minimum absolute atomic E-state index is 0.791. The molecule has 9 heavy (non-hydrogen) atoms. The van der Waals surface area contributed by atoms with Gasteiger partial charge in [0.15, 0.2) is 0 Å². The molecule has 54 valence electrons. The third-order valence-corrected chi connectivity index (χ3v) is 10.7. The third kappa shape index (κ3) is 7.41. The average Bonchev–Trinajstić information content (AvgIpc) is 1.89. The van der Waals surface area contributed by atoms with E-state index in [1.54, 1.807) is 0 Å². The fraction of sp³-hybridized carbons (Fsp3) is 1.00. The molecule has 0 aliphatic carbocycles. The van der Waals surface area contributed by atoms with Gasteiger partial charge in [0.1, 0.15) is 0 Å². The van der Waals surface area contributed by atoms with Gasteiger partial charge in [-0.25, -0.2) is 0 Å². The van der Waals surface area contributed by atoms with Crippen LogP contribution in [-0.2, 0) is 1.41 Å². The average molecular weight is 344 g/mol. The van der Waals surface area contributed by atoms with E-state index in [0.29, 0.717) is 0 Å². The number of unbranched alkanes of at least 4 members (excludes halogenated alkanes) is 2. The Morgan fingerprint density at radius 2 is 2.22 bits per heavy atom. The van der Waals surface area contributed by atoms with Crippen LogP contribution < -0.4 is 0 Å². The summed E-state index contributed by atoms with van der Waals surface area (Å²) in [5.74, 6) is 0. The van der Waals surface area contributed by atoms with Crippen molar-refractivity contribution in [3.05, 3.63) is 0 Å². The van der Waals surface area contributed by atoms with Gasteiger partial charge in [-0.2, -0.15) is 0 Å². The summed E-state index contributed by atoms with van der Waals surface area (Å²) in [5, 5.41) is 0. The van der Waals surface area contributed by atoms with Crippen LogP contribution in [0, 0.1) is 0 Å². The molecule has 0 aliphatic rings. The van der Waals surface area contributed by atoms with Crippen molar-refractivity contribution in [3.63, 3.8) is 0 Å². The Hall–Kier alpha value is 1.52. The van der Waals surface area contributed by atoms with E-state index in [-0.39, 0.29) is 0 Å². The summed E-state index contributed by atoms with van der Waals surface area (Å²) in [4.78, 5) is 0. The molecule has 1 atom stereocenters. The molecule has 0 aliphatic heterocycles. The molecule has 0 bridgehead atoms. The van der Waals surface area contributed by atoms with Crippen LogP contribution in [0.15, 0.2) is 0 Å². The maximum absolute atomic E-state index is 9.10. The molecule has 1 unspecified atom stereocenters. The Morgan fingerprint density at radius 1 is 1.56 bits per heavy atom. The Morgan fingerprint density at radius 3 is 2.67 bits per heavy atom. The maximum atomic E-state index is 9.10. The SMILES string of the molecule is CCCC[CH2][SnH]([OH])[O][SnH]. The molecule has 0 aromatic carbocycles. The van der Waals surface area contributed by atoms with Gasteiger partial charge in [0.25, 0.3) is 0 Å². The molecule has 0 saturated carbocycles. The molecule has 0 heterocycles. The van der Waals surface area contributed by atoms with E-state index in [0.717, 1.165) is 27.4 Å². The second-order valence-corrected chi connectivity index (χ2v) is 12.3. The van der Waals surface area contributed by atoms with Crippen molar-refractivity contribution in [2.75, 3.05) is 0 Å². The number of hydrogen-bond acceptors (Lipinski definition) is 2. The van der Waals surface area contributed by atoms with Gasteiger partial charge in [-0.05, 0) is 0 Å². The summed E-state index contributed by atoms with van der Waals surface area (Å²) in [6, 6.07) is 0. The van der Waals surface area contributed by atoms with Crippen molar-refractivity contribution in [3.8, 4) is 0 Å². The fourth-order valence-corrected chi connectivity index (χ4v) is 5.45. The van der Waals surface area contributed by atoms with Crippen LogP contribution in [0.3, 0.4) is 0 Å². The van der Waals surface area contributed by atoms with Gasteiger partial charge in [0.05, 0.1) is 0 Å². The summed E-state index contributed by atoms with van der Waals surface area (Å²) < 4.78 is 15.1. The topological polar surface area (TPSA) is 29.5 Å². The van der Waals surface area contributed by atoms with E-state index in [2.05, 4.69) is 6.92 Å². The molecule has 0 rings (SSSR count). The van der Waals surface area contributed by atoms with Gasteiger partial charge in [-0.3, -0.25) is 0 Å². The second kappa shape index (κ2) is 7.62. The molecule has 0 aromatic heterocycles. The molecule has 2 nitrogen and oxygen atoms in total. The zero-order valence-electron chi connectivity index (χ0n) is 5.84. The van der Waals surface area contributed by atoms with Crippen LogP contribution in [0.1, 0.15) is 26.2 Å². The van der Waals surface area contributed by atoms with E-state index < -0.39 is 20.6 Å². The minimum atomic E-state index is -2.25. The number of hydrogen-bond donors (Lipinski definition) is 1. The molecule has 0 amide bonds. The second-order valence-electron chi connectivity index (χ2n) is 2.09. The van der Waals surface area contributed by atoms with Crippen LogP contribution >= 0.6 is 0 Å². The first-order chi connectivity index (χ1) is 4.31. The molecule has 0 fully saturated rings. The van der Waals surface area contributed by atoms with Gasteiger partial charge < -0.3 is 0 Å². The van der Waals surface area contributed by atoms with E-state index in [9.17, 15) is 0 Å². The third-order valence-electron chi connectivity index (χ3n) is 1.21. The molecule has 0 saturated heterocycles. The van der Waals surface area contributed by atoms with Crippen LogP contribution in [0.2, 0.25) is 4.44 Å². The monoisotopic (exact) mass is 346 g/mol. The Balaban J connectivity index is 2.88. The molecule has 0 spiro atoms. The molecular formula is C5H14O2Sn2. The van der Waals surface area contributed by atoms with Crippen molar-refractivity contribution in [1.29, 1.82) is 0 Å². The normalized spacial score (nSPS) is 13.7. The molecule has 4 heteroatoms. The molecular weight excluding hydrogens is 329 g/mol. The van der Waals surface area contributed by atoms with Gasteiger partial charge >= 0.3 is 79.0 Å². The molecule has 1 N–H and O–H groups in total. The van der Waals surface area contributed by atoms with Crippen LogP contribution in [0.4, 0.5) is 0 Å². The fourth-order valence-electron chi connectivity index (χ4n) is 0.637. The Labute approximate surface area is 78.4 Å². The predicted octanol–water partition coefficient (Wildman–Crippen LogP) is 0.222. The van der Waals surface area contributed by atoms with E-state index in [4.69, 9.17) is 4.86 Å². The van der Waals surface area contributed by atoms with Crippen molar-refractivity contribution >= 4 is 43.5 Å². The summed E-state index contributed by atoms with van der Waals surface area (Å²) in [5.41, 5.74) is 0. The number of rotatable bonds is 5. The quantitative estimate of drug-likeness (QED) is 0.572. The van der Waals surface area contributed by atoms with Gasteiger partial charge in [-0.15, -0.1) is 0 Å². The standard InChI is InChI=1S/C5H11.H2O.O.2Sn.2H/c1-3-5-4-2;;;;;;/h1,3-5H2,2H3;1H2;;;;;/q;;;;+1;;/p-1. The zero-order chi connectivity index (χ0) is 7.11. The molecule has 0 aromatic rings.